The molecule has 2 N–H and O–H groups in total. The third-order valence-corrected chi connectivity index (χ3v) is 2.98. The van der Waals surface area contributed by atoms with Gasteiger partial charge >= 0.3 is 0 Å². The van der Waals surface area contributed by atoms with Crippen molar-refractivity contribution in [3.63, 3.8) is 0 Å². The molecule has 2 atom stereocenters. The average Bonchev–Trinajstić information content (AvgIpc) is 2.32. The van der Waals surface area contributed by atoms with Crippen LogP contribution in [-0.4, -0.2) is 18.1 Å². The minimum absolute atomic E-state index is 0.450. The van der Waals surface area contributed by atoms with Crippen LogP contribution in [0.4, 0.5) is 0 Å². The second-order valence-corrected chi connectivity index (χ2v) is 4.98. The van der Waals surface area contributed by atoms with Crippen molar-refractivity contribution in [1.29, 1.82) is 0 Å². The molecule has 2 rings (SSSR count). The monoisotopic (exact) mass is 230 g/mol. The molecule has 2 unspecified atom stereocenters. The minimum atomic E-state index is 0.450. The van der Waals surface area contributed by atoms with Crippen LogP contribution >= 0.6 is 0 Å². The van der Waals surface area contributed by atoms with Crippen LogP contribution in [0.15, 0.2) is 48.2 Å². The first-order valence-electron chi connectivity index (χ1n) is 6.48. The molecule has 92 valence electrons. The van der Waals surface area contributed by atoms with E-state index in [4.69, 9.17) is 0 Å². The van der Waals surface area contributed by atoms with Crippen LogP contribution in [0.2, 0.25) is 0 Å². The first-order valence-corrected chi connectivity index (χ1v) is 6.48. The van der Waals surface area contributed by atoms with E-state index in [-0.39, 0.29) is 0 Å². The van der Waals surface area contributed by atoms with E-state index >= 15 is 0 Å². The van der Waals surface area contributed by atoms with Gasteiger partial charge in [0.1, 0.15) is 0 Å². The van der Waals surface area contributed by atoms with Gasteiger partial charge in [-0.1, -0.05) is 50.3 Å². The molecule has 0 heterocycles. The van der Waals surface area contributed by atoms with Crippen LogP contribution in [0.1, 0.15) is 26.7 Å². The number of nitrogens with one attached hydrogen (secondary N) is 2. The standard InChI is InChI=1S/C15H22N2/c1-12(2)16-14-8-10-15(11-9-14)17-13-6-4-3-5-7-13/h3-6,8,10-14,16-17H,7,9H2,1-2H3. The summed E-state index contributed by atoms with van der Waals surface area (Å²) in [4.78, 5) is 0. The van der Waals surface area contributed by atoms with Crippen LogP contribution in [0, 0.1) is 0 Å². The molecule has 0 amide bonds. The summed E-state index contributed by atoms with van der Waals surface area (Å²) in [6.45, 7) is 4.37. The third-order valence-electron chi connectivity index (χ3n) is 2.98. The molecule has 0 aliphatic heterocycles. The molecule has 0 saturated heterocycles. The molecule has 0 fully saturated rings. The topological polar surface area (TPSA) is 24.1 Å². The highest BCUT2D eigenvalue weighted by Gasteiger charge is 2.11. The normalized spacial score (nSPS) is 27.4. The Bertz CT molecular complexity index is 361. The predicted molar refractivity (Wildman–Crippen MR) is 73.7 cm³/mol. The molecule has 0 bridgehead atoms. The summed E-state index contributed by atoms with van der Waals surface area (Å²) in [7, 11) is 0. The van der Waals surface area contributed by atoms with Gasteiger partial charge in [0.15, 0.2) is 0 Å². The summed E-state index contributed by atoms with van der Waals surface area (Å²) in [5, 5.41) is 7.06. The Morgan fingerprint density at radius 2 is 2.00 bits per heavy atom. The lowest BCUT2D eigenvalue weighted by Crippen LogP contribution is -2.35. The van der Waals surface area contributed by atoms with Gasteiger partial charge in [-0.3, -0.25) is 0 Å². The number of hydrogen-bond acceptors (Lipinski definition) is 2. The Morgan fingerprint density at radius 3 is 2.59 bits per heavy atom. The van der Waals surface area contributed by atoms with Gasteiger partial charge in [0.25, 0.3) is 0 Å². The van der Waals surface area contributed by atoms with E-state index < -0.39 is 0 Å². The molecule has 0 aromatic carbocycles. The average molecular weight is 230 g/mol. The van der Waals surface area contributed by atoms with Crippen LogP contribution < -0.4 is 10.6 Å². The second kappa shape index (κ2) is 5.87. The molecular formula is C15H22N2. The van der Waals surface area contributed by atoms with Gasteiger partial charge in [-0.15, -0.1) is 0 Å². The van der Waals surface area contributed by atoms with Gasteiger partial charge in [-0.2, -0.15) is 0 Å². The van der Waals surface area contributed by atoms with Crippen LogP contribution in [0.5, 0.6) is 0 Å². The lowest BCUT2D eigenvalue weighted by molar-refractivity contribution is 0.519. The molecule has 2 aliphatic rings. The Labute approximate surface area is 104 Å². The maximum atomic E-state index is 3.54. The summed E-state index contributed by atoms with van der Waals surface area (Å²) >= 11 is 0. The Hall–Kier alpha value is -1.28. The summed E-state index contributed by atoms with van der Waals surface area (Å²) in [5.74, 6) is 0. The van der Waals surface area contributed by atoms with Crippen molar-refractivity contribution in [3.8, 4) is 0 Å². The zero-order chi connectivity index (χ0) is 12.1. The smallest absolute Gasteiger partial charge is 0.0481 e. The quantitative estimate of drug-likeness (QED) is 0.776. The van der Waals surface area contributed by atoms with Gasteiger partial charge in [0.2, 0.25) is 0 Å². The minimum Gasteiger partial charge on any atom is -0.379 e. The zero-order valence-electron chi connectivity index (χ0n) is 10.7. The van der Waals surface area contributed by atoms with E-state index in [1.165, 1.54) is 5.70 Å². The van der Waals surface area contributed by atoms with Crippen molar-refractivity contribution in [2.75, 3.05) is 0 Å². The Balaban J connectivity index is 1.81. The van der Waals surface area contributed by atoms with E-state index in [2.05, 4.69) is 67.0 Å². The lowest BCUT2D eigenvalue weighted by Gasteiger charge is -2.23. The molecule has 2 aliphatic carbocycles. The number of rotatable bonds is 4. The lowest BCUT2D eigenvalue weighted by atomic mass is 10.0. The molecule has 17 heavy (non-hydrogen) atoms. The third kappa shape index (κ3) is 3.90. The van der Waals surface area contributed by atoms with E-state index in [1.54, 1.807) is 0 Å². The Kier molecular flexibility index (Phi) is 4.21. The van der Waals surface area contributed by atoms with Gasteiger partial charge in [0, 0.05) is 23.8 Å². The maximum Gasteiger partial charge on any atom is 0.0481 e. The van der Waals surface area contributed by atoms with Gasteiger partial charge in [-0.05, 0) is 18.9 Å². The highest BCUT2D eigenvalue weighted by atomic mass is 14.9. The van der Waals surface area contributed by atoms with Crippen molar-refractivity contribution in [1.82, 2.24) is 10.6 Å². The molecule has 0 aromatic rings. The van der Waals surface area contributed by atoms with Crippen LogP contribution in [0.3, 0.4) is 0 Å². The molecular weight excluding hydrogens is 208 g/mol. The fourth-order valence-corrected chi connectivity index (χ4v) is 2.18. The highest BCUT2D eigenvalue weighted by molar-refractivity contribution is 5.26. The van der Waals surface area contributed by atoms with Crippen LogP contribution in [-0.2, 0) is 0 Å². The SMILES string of the molecule is CC(C)NC1C=CC(NC2C=CC=CC2)=CC1. The van der Waals surface area contributed by atoms with Gasteiger partial charge < -0.3 is 10.6 Å². The number of hydrogen-bond donors (Lipinski definition) is 2. The predicted octanol–water partition coefficient (Wildman–Crippen LogP) is 2.67. The Morgan fingerprint density at radius 1 is 1.12 bits per heavy atom. The fourth-order valence-electron chi connectivity index (χ4n) is 2.18. The van der Waals surface area contributed by atoms with E-state index in [9.17, 15) is 0 Å². The zero-order valence-corrected chi connectivity index (χ0v) is 10.7. The highest BCUT2D eigenvalue weighted by Crippen LogP contribution is 2.12. The molecule has 0 saturated carbocycles. The largest absolute Gasteiger partial charge is 0.379 e. The summed E-state index contributed by atoms with van der Waals surface area (Å²) < 4.78 is 0. The van der Waals surface area contributed by atoms with Crippen LogP contribution in [0.25, 0.3) is 0 Å². The first-order chi connectivity index (χ1) is 8.24. The molecule has 0 spiro atoms. The van der Waals surface area contributed by atoms with Crippen molar-refractivity contribution in [3.05, 3.63) is 48.2 Å². The molecule has 2 heteroatoms. The van der Waals surface area contributed by atoms with E-state index in [0.29, 0.717) is 18.1 Å². The van der Waals surface area contributed by atoms with Gasteiger partial charge in [-0.25, -0.2) is 0 Å². The van der Waals surface area contributed by atoms with Crippen molar-refractivity contribution in [2.24, 2.45) is 0 Å². The first kappa shape index (κ1) is 12.2. The van der Waals surface area contributed by atoms with E-state index in [0.717, 1.165) is 12.8 Å². The van der Waals surface area contributed by atoms with Gasteiger partial charge in [0.05, 0.1) is 0 Å². The summed E-state index contributed by atoms with van der Waals surface area (Å²) in [6, 6.07) is 1.48. The molecule has 2 nitrogen and oxygen atoms in total. The van der Waals surface area contributed by atoms with Crippen molar-refractivity contribution in [2.45, 2.75) is 44.8 Å². The van der Waals surface area contributed by atoms with Crippen molar-refractivity contribution >= 4 is 0 Å². The maximum absolute atomic E-state index is 3.54. The summed E-state index contributed by atoms with van der Waals surface area (Å²) in [6.07, 6.45) is 17.5. The number of allylic oxidation sites excluding steroid dienone is 3. The molecule has 0 aromatic heterocycles. The molecule has 0 radical (unpaired) electrons. The summed E-state index contributed by atoms with van der Waals surface area (Å²) in [5.41, 5.74) is 1.25. The second-order valence-electron chi connectivity index (χ2n) is 4.98. The van der Waals surface area contributed by atoms with E-state index in [1.807, 2.05) is 0 Å². The van der Waals surface area contributed by atoms with Crippen molar-refractivity contribution < 1.29 is 0 Å². The fraction of sp³-hybridized carbons (Fsp3) is 0.467.